The summed E-state index contributed by atoms with van der Waals surface area (Å²) in [5.41, 5.74) is 0. The largest absolute Gasteiger partial charge is 0.340 e. The Morgan fingerprint density at radius 2 is 2.00 bits per heavy atom. The average molecular weight is 236 g/mol. The Kier molecular flexibility index (Phi) is 6.69. The molecule has 17 heavy (non-hydrogen) atoms. The van der Waals surface area contributed by atoms with Gasteiger partial charge >= 0.3 is 0 Å². The van der Waals surface area contributed by atoms with E-state index < -0.39 is 0 Å². The lowest BCUT2D eigenvalue weighted by Crippen LogP contribution is -2.34. The summed E-state index contributed by atoms with van der Waals surface area (Å²) in [5.74, 6) is 0.607. The van der Waals surface area contributed by atoms with Crippen LogP contribution in [-0.4, -0.2) is 11.9 Å². The van der Waals surface area contributed by atoms with Gasteiger partial charge in [0.1, 0.15) is 6.04 Å². The molecule has 1 fully saturated rings. The first kappa shape index (κ1) is 14.0. The van der Waals surface area contributed by atoms with E-state index in [0.717, 1.165) is 12.8 Å². The number of carbonyl (C=O) groups excluding carboxylic acids is 1. The van der Waals surface area contributed by atoms with Crippen LogP contribution in [0.2, 0.25) is 0 Å². The second kappa shape index (κ2) is 8.11. The van der Waals surface area contributed by atoms with Gasteiger partial charge in [0, 0.05) is 6.42 Å². The molecule has 0 aromatic rings. The van der Waals surface area contributed by atoms with Crippen LogP contribution in [0.4, 0.5) is 0 Å². The van der Waals surface area contributed by atoms with Crippen molar-refractivity contribution in [2.45, 2.75) is 70.8 Å². The molecule has 0 radical (unpaired) electrons. The van der Waals surface area contributed by atoms with E-state index in [-0.39, 0.29) is 11.9 Å². The smallest absolute Gasteiger partial charge is 0.221 e. The first-order chi connectivity index (χ1) is 8.26. The summed E-state index contributed by atoms with van der Waals surface area (Å²) >= 11 is 0. The Labute approximate surface area is 105 Å². The summed E-state index contributed by atoms with van der Waals surface area (Å²) in [6.45, 7) is 2.03. The molecule has 96 valence electrons. The van der Waals surface area contributed by atoms with Crippen LogP contribution < -0.4 is 5.32 Å². The Hall–Kier alpha value is -1.04. The molecule has 1 aliphatic rings. The van der Waals surface area contributed by atoms with Crippen molar-refractivity contribution < 1.29 is 4.79 Å². The summed E-state index contributed by atoms with van der Waals surface area (Å²) in [5, 5.41) is 11.7. The summed E-state index contributed by atoms with van der Waals surface area (Å²) in [6.07, 6.45) is 9.81. The molecule has 0 aliphatic heterocycles. The Bertz CT molecular complexity index is 262. The number of hydrogen-bond acceptors (Lipinski definition) is 2. The maximum absolute atomic E-state index is 11.8. The normalized spacial score (nSPS) is 19.1. The number of amides is 1. The molecule has 1 rings (SSSR count). The van der Waals surface area contributed by atoms with Gasteiger partial charge in [0.15, 0.2) is 0 Å². The Balaban J connectivity index is 2.29. The van der Waals surface area contributed by atoms with E-state index in [1.54, 1.807) is 0 Å². The molecular formula is C14H24N2O. The zero-order valence-electron chi connectivity index (χ0n) is 10.9. The second-order valence-electron chi connectivity index (χ2n) is 5.10. The maximum Gasteiger partial charge on any atom is 0.221 e. The lowest BCUT2D eigenvalue weighted by atomic mass is 9.96. The van der Waals surface area contributed by atoms with E-state index in [9.17, 15) is 4.79 Å². The Morgan fingerprint density at radius 3 is 2.53 bits per heavy atom. The quantitative estimate of drug-likeness (QED) is 0.745. The number of carbonyl (C=O) groups is 1. The van der Waals surface area contributed by atoms with Crippen molar-refractivity contribution in [3.63, 3.8) is 0 Å². The van der Waals surface area contributed by atoms with Gasteiger partial charge in [-0.25, -0.2) is 0 Å². The van der Waals surface area contributed by atoms with Gasteiger partial charge in [0.2, 0.25) is 5.91 Å². The number of hydrogen-bond donors (Lipinski definition) is 1. The van der Waals surface area contributed by atoms with Crippen LogP contribution >= 0.6 is 0 Å². The molecular weight excluding hydrogens is 212 g/mol. The predicted molar refractivity (Wildman–Crippen MR) is 68.3 cm³/mol. The third kappa shape index (κ3) is 5.72. The zero-order chi connectivity index (χ0) is 12.5. The topological polar surface area (TPSA) is 52.9 Å². The molecule has 0 saturated heterocycles. The van der Waals surface area contributed by atoms with E-state index >= 15 is 0 Å². The van der Waals surface area contributed by atoms with Crippen molar-refractivity contribution in [3.05, 3.63) is 0 Å². The van der Waals surface area contributed by atoms with Crippen LogP contribution in [0.25, 0.3) is 0 Å². The lowest BCUT2D eigenvalue weighted by molar-refractivity contribution is -0.122. The summed E-state index contributed by atoms with van der Waals surface area (Å²) < 4.78 is 0. The third-order valence-electron chi connectivity index (χ3n) is 3.52. The van der Waals surface area contributed by atoms with Crippen molar-refractivity contribution >= 4 is 5.91 Å². The number of nitriles is 1. The van der Waals surface area contributed by atoms with E-state index in [2.05, 4.69) is 11.4 Å². The SMILES string of the molecule is CCCC(C#N)NC(=O)CC1CCCCCC1. The van der Waals surface area contributed by atoms with Crippen molar-refractivity contribution in [3.8, 4) is 6.07 Å². The van der Waals surface area contributed by atoms with Gasteiger partial charge in [0.25, 0.3) is 0 Å². The van der Waals surface area contributed by atoms with Crippen LogP contribution in [0.1, 0.15) is 64.7 Å². The van der Waals surface area contributed by atoms with E-state index in [1.165, 1.54) is 38.5 Å². The number of rotatable bonds is 5. The molecule has 1 N–H and O–H groups in total. The fraction of sp³-hybridized carbons (Fsp3) is 0.857. The van der Waals surface area contributed by atoms with Gasteiger partial charge in [-0.15, -0.1) is 0 Å². The highest BCUT2D eigenvalue weighted by Crippen LogP contribution is 2.25. The number of nitrogens with zero attached hydrogens (tertiary/aromatic N) is 1. The highest BCUT2D eigenvalue weighted by atomic mass is 16.1. The fourth-order valence-corrected chi connectivity index (χ4v) is 2.54. The van der Waals surface area contributed by atoms with Crippen molar-refractivity contribution in [1.82, 2.24) is 5.32 Å². The highest BCUT2D eigenvalue weighted by Gasteiger charge is 2.17. The van der Waals surface area contributed by atoms with Crippen LogP contribution in [0.3, 0.4) is 0 Å². The molecule has 0 aromatic carbocycles. The second-order valence-corrected chi connectivity index (χ2v) is 5.10. The molecule has 1 amide bonds. The van der Waals surface area contributed by atoms with Gasteiger partial charge in [-0.05, 0) is 25.2 Å². The van der Waals surface area contributed by atoms with Crippen molar-refractivity contribution in [2.24, 2.45) is 5.92 Å². The molecule has 0 spiro atoms. The monoisotopic (exact) mass is 236 g/mol. The minimum absolute atomic E-state index is 0.0666. The first-order valence-corrected chi connectivity index (χ1v) is 6.95. The van der Waals surface area contributed by atoms with E-state index in [0.29, 0.717) is 12.3 Å². The molecule has 0 heterocycles. The molecule has 3 heteroatoms. The average Bonchev–Trinajstić information content (AvgIpc) is 2.57. The van der Waals surface area contributed by atoms with Gasteiger partial charge in [-0.3, -0.25) is 4.79 Å². The highest BCUT2D eigenvalue weighted by molar-refractivity contribution is 5.76. The van der Waals surface area contributed by atoms with Gasteiger partial charge in [0.05, 0.1) is 6.07 Å². The van der Waals surface area contributed by atoms with Gasteiger partial charge in [-0.1, -0.05) is 39.0 Å². The van der Waals surface area contributed by atoms with Crippen LogP contribution in [0.15, 0.2) is 0 Å². The minimum Gasteiger partial charge on any atom is -0.340 e. The lowest BCUT2D eigenvalue weighted by Gasteiger charge is -2.15. The summed E-state index contributed by atoms with van der Waals surface area (Å²) in [7, 11) is 0. The first-order valence-electron chi connectivity index (χ1n) is 6.95. The Morgan fingerprint density at radius 1 is 1.35 bits per heavy atom. The van der Waals surface area contributed by atoms with Gasteiger partial charge in [-0.2, -0.15) is 5.26 Å². The van der Waals surface area contributed by atoms with E-state index in [4.69, 9.17) is 5.26 Å². The minimum atomic E-state index is -0.293. The molecule has 1 unspecified atom stereocenters. The van der Waals surface area contributed by atoms with Crippen LogP contribution in [-0.2, 0) is 4.79 Å². The summed E-state index contributed by atoms with van der Waals surface area (Å²) in [4.78, 5) is 11.8. The predicted octanol–water partition coefficient (Wildman–Crippen LogP) is 3.16. The molecule has 1 saturated carbocycles. The molecule has 1 aliphatic carbocycles. The fourth-order valence-electron chi connectivity index (χ4n) is 2.54. The molecule has 3 nitrogen and oxygen atoms in total. The van der Waals surface area contributed by atoms with Crippen LogP contribution in [0.5, 0.6) is 0 Å². The van der Waals surface area contributed by atoms with Crippen LogP contribution in [0, 0.1) is 17.2 Å². The number of nitrogens with one attached hydrogen (secondary N) is 1. The molecule has 0 aromatic heterocycles. The molecule has 1 atom stereocenters. The standard InChI is InChI=1S/C14H24N2O/c1-2-7-13(11-15)16-14(17)10-12-8-5-3-4-6-9-12/h12-13H,2-10H2,1H3,(H,16,17). The third-order valence-corrected chi connectivity index (χ3v) is 3.52. The van der Waals surface area contributed by atoms with E-state index in [1.807, 2.05) is 6.92 Å². The zero-order valence-corrected chi connectivity index (χ0v) is 10.9. The van der Waals surface area contributed by atoms with Crippen molar-refractivity contribution in [1.29, 1.82) is 5.26 Å². The van der Waals surface area contributed by atoms with Gasteiger partial charge < -0.3 is 5.32 Å². The maximum atomic E-state index is 11.8. The van der Waals surface area contributed by atoms with Crippen molar-refractivity contribution in [2.75, 3.05) is 0 Å². The summed E-state index contributed by atoms with van der Waals surface area (Å²) in [6, 6.07) is 1.86. The molecule has 0 bridgehead atoms.